The smallest absolute Gasteiger partial charge is 0.338 e. The van der Waals surface area contributed by atoms with Crippen LogP contribution in [0.3, 0.4) is 0 Å². The summed E-state index contributed by atoms with van der Waals surface area (Å²) >= 11 is 0. The van der Waals surface area contributed by atoms with Crippen LogP contribution in [0.25, 0.3) is 0 Å². The van der Waals surface area contributed by atoms with Gasteiger partial charge in [-0.1, -0.05) is 44.0 Å². The molecular weight excluding hydrogens is 360 g/mol. The summed E-state index contributed by atoms with van der Waals surface area (Å²) in [6.07, 6.45) is 4.59. The summed E-state index contributed by atoms with van der Waals surface area (Å²) in [5.41, 5.74) is 0.386. The van der Waals surface area contributed by atoms with Gasteiger partial charge in [-0.25, -0.2) is 4.79 Å². The molecule has 1 aromatic carbocycles. The van der Waals surface area contributed by atoms with Gasteiger partial charge in [0.1, 0.15) is 6.10 Å². The van der Waals surface area contributed by atoms with Gasteiger partial charge in [-0.3, -0.25) is 9.59 Å². The van der Waals surface area contributed by atoms with E-state index in [4.69, 9.17) is 9.84 Å². The second-order valence-electron chi connectivity index (χ2n) is 7.23. The second-order valence-corrected chi connectivity index (χ2v) is 7.23. The van der Waals surface area contributed by atoms with E-state index in [1.54, 1.807) is 36.4 Å². The Hall–Kier alpha value is -2.47. The summed E-state index contributed by atoms with van der Waals surface area (Å²) in [5.74, 6) is -2.73. The predicted octanol–water partition coefficient (Wildman–Crippen LogP) is 3.39. The molecule has 1 aliphatic carbocycles. The maximum absolute atomic E-state index is 12.4. The molecule has 1 aliphatic rings. The number of carboxylic acid groups (broad SMARTS) is 1. The number of allylic oxidation sites excluding steroid dienone is 1. The number of ether oxygens (including phenoxy) is 1. The lowest BCUT2D eigenvalue weighted by Gasteiger charge is -2.21. The van der Waals surface area contributed by atoms with Gasteiger partial charge in [0, 0.05) is 24.7 Å². The first kappa shape index (κ1) is 21.8. The summed E-state index contributed by atoms with van der Waals surface area (Å²) in [7, 11) is 0. The molecule has 28 heavy (non-hydrogen) atoms. The third-order valence-corrected chi connectivity index (χ3v) is 5.10. The SMILES string of the molecule is CCCCCC(=O)C=C[C@@H]1[C@@H](CC(=O)O)[C@@H](O)C[C@@H]1OC(=O)c1ccccc1. The molecule has 6 nitrogen and oxygen atoms in total. The highest BCUT2D eigenvalue weighted by atomic mass is 16.5. The summed E-state index contributed by atoms with van der Waals surface area (Å²) in [4.78, 5) is 35.6. The van der Waals surface area contributed by atoms with Crippen LogP contribution < -0.4 is 0 Å². The van der Waals surface area contributed by atoms with E-state index in [0.717, 1.165) is 19.3 Å². The van der Waals surface area contributed by atoms with Gasteiger partial charge in [-0.2, -0.15) is 0 Å². The number of aliphatic hydroxyl groups is 1. The monoisotopic (exact) mass is 388 g/mol. The fraction of sp³-hybridized carbons (Fsp3) is 0.500. The highest BCUT2D eigenvalue weighted by molar-refractivity contribution is 5.90. The number of aliphatic carboxylic acids is 1. The minimum atomic E-state index is -1.04. The first-order valence-corrected chi connectivity index (χ1v) is 9.79. The first-order valence-electron chi connectivity index (χ1n) is 9.79. The van der Waals surface area contributed by atoms with Crippen molar-refractivity contribution in [2.75, 3.05) is 0 Å². The van der Waals surface area contributed by atoms with Gasteiger partial charge < -0.3 is 14.9 Å². The Morgan fingerprint density at radius 1 is 1.18 bits per heavy atom. The third kappa shape index (κ3) is 6.30. The molecule has 0 saturated heterocycles. The lowest BCUT2D eigenvalue weighted by molar-refractivity contribution is -0.139. The number of unbranched alkanes of at least 4 members (excludes halogenated alkanes) is 2. The fourth-order valence-electron chi connectivity index (χ4n) is 3.60. The third-order valence-electron chi connectivity index (χ3n) is 5.10. The summed E-state index contributed by atoms with van der Waals surface area (Å²) in [5, 5.41) is 19.5. The quantitative estimate of drug-likeness (QED) is 0.362. The molecule has 0 unspecified atom stereocenters. The first-order chi connectivity index (χ1) is 13.4. The maximum atomic E-state index is 12.4. The Bertz CT molecular complexity index is 696. The minimum Gasteiger partial charge on any atom is -0.481 e. The fourth-order valence-corrected chi connectivity index (χ4v) is 3.60. The molecule has 0 aromatic heterocycles. The standard InChI is InChI=1S/C22H28O6/c1-2-3-5-10-16(23)11-12-17-18(13-21(25)26)19(24)14-20(17)28-22(27)15-8-6-4-7-9-15/h4,6-9,11-12,17-20,24H,2-3,5,10,13-14H2,1H3,(H,25,26)/t17-,18-,19+,20+/m1/s1. The number of hydrogen-bond acceptors (Lipinski definition) is 5. The van der Waals surface area contributed by atoms with Crippen LogP contribution in [0.4, 0.5) is 0 Å². The van der Waals surface area contributed by atoms with E-state index in [9.17, 15) is 19.5 Å². The molecule has 1 saturated carbocycles. The van der Waals surface area contributed by atoms with Crippen LogP contribution in [-0.2, 0) is 14.3 Å². The molecule has 2 rings (SSSR count). The molecule has 4 atom stereocenters. The number of benzene rings is 1. The molecular formula is C22H28O6. The van der Waals surface area contributed by atoms with Crippen molar-refractivity contribution in [3.05, 3.63) is 48.0 Å². The van der Waals surface area contributed by atoms with Crippen LogP contribution in [0.5, 0.6) is 0 Å². The van der Waals surface area contributed by atoms with Gasteiger partial charge in [-0.15, -0.1) is 0 Å². The zero-order valence-corrected chi connectivity index (χ0v) is 16.1. The van der Waals surface area contributed by atoms with Gasteiger partial charge in [-0.05, 0) is 24.6 Å². The van der Waals surface area contributed by atoms with E-state index in [1.807, 2.05) is 0 Å². The van der Waals surface area contributed by atoms with Crippen molar-refractivity contribution < 1.29 is 29.3 Å². The van der Waals surface area contributed by atoms with E-state index < -0.39 is 36.0 Å². The number of carboxylic acids is 1. The van der Waals surface area contributed by atoms with Gasteiger partial charge in [0.15, 0.2) is 5.78 Å². The Kier molecular flexibility index (Phi) is 8.39. The number of ketones is 1. The van der Waals surface area contributed by atoms with Crippen LogP contribution in [0.2, 0.25) is 0 Å². The van der Waals surface area contributed by atoms with Crippen molar-refractivity contribution in [1.82, 2.24) is 0 Å². The van der Waals surface area contributed by atoms with Crippen LogP contribution in [0.15, 0.2) is 42.5 Å². The normalized spacial score (nSPS) is 24.4. The average Bonchev–Trinajstić information content (AvgIpc) is 2.95. The van der Waals surface area contributed by atoms with E-state index in [2.05, 4.69) is 6.92 Å². The summed E-state index contributed by atoms with van der Waals surface area (Å²) in [6, 6.07) is 8.49. The molecule has 0 aliphatic heterocycles. The molecule has 1 aromatic rings. The lowest BCUT2D eigenvalue weighted by Crippen LogP contribution is -2.26. The second kappa shape index (κ2) is 10.8. The number of esters is 1. The number of hydrogen-bond donors (Lipinski definition) is 2. The van der Waals surface area contributed by atoms with Crippen molar-refractivity contribution in [1.29, 1.82) is 0 Å². The van der Waals surface area contributed by atoms with Gasteiger partial charge in [0.05, 0.1) is 18.1 Å². The van der Waals surface area contributed by atoms with Gasteiger partial charge >= 0.3 is 11.9 Å². The van der Waals surface area contributed by atoms with Crippen molar-refractivity contribution in [3.63, 3.8) is 0 Å². The molecule has 1 fully saturated rings. The van der Waals surface area contributed by atoms with E-state index in [0.29, 0.717) is 12.0 Å². The highest BCUT2D eigenvalue weighted by Crippen LogP contribution is 2.38. The number of carbonyl (C=O) groups excluding carboxylic acids is 2. The Morgan fingerprint density at radius 3 is 2.54 bits per heavy atom. The van der Waals surface area contributed by atoms with Crippen molar-refractivity contribution >= 4 is 17.7 Å². The number of carbonyl (C=O) groups is 3. The van der Waals surface area contributed by atoms with E-state index in [-0.39, 0.29) is 18.6 Å². The molecule has 152 valence electrons. The molecule has 6 heteroatoms. The summed E-state index contributed by atoms with van der Waals surface area (Å²) in [6.45, 7) is 2.06. The van der Waals surface area contributed by atoms with Crippen LogP contribution in [0.1, 0.15) is 55.8 Å². The van der Waals surface area contributed by atoms with Gasteiger partial charge in [0.25, 0.3) is 0 Å². The lowest BCUT2D eigenvalue weighted by atomic mass is 9.90. The topological polar surface area (TPSA) is 101 Å². The Balaban J connectivity index is 2.11. The Labute approximate surface area is 165 Å². The molecule has 0 heterocycles. The summed E-state index contributed by atoms with van der Waals surface area (Å²) < 4.78 is 5.57. The van der Waals surface area contributed by atoms with Crippen LogP contribution in [-0.4, -0.2) is 40.1 Å². The number of aliphatic hydroxyl groups excluding tert-OH is 1. The predicted molar refractivity (Wildman–Crippen MR) is 104 cm³/mol. The van der Waals surface area contributed by atoms with Crippen molar-refractivity contribution in [2.24, 2.45) is 11.8 Å². The molecule has 0 amide bonds. The van der Waals surface area contributed by atoms with Crippen molar-refractivity contribution in [2.45, 2.75) is 57.7 Å². The van der Waals surface area contributed by atoms with E-state index >= 15 is 0 Å². The Morgan fingerprint density at radius 2 is 1.89 bits per heavy atom. The van der Waals surface area contributed by atoms with E-state index in [1.165, 1.54) is 6.08 Å². The van der Waals surface area contributed by atoms with Gasteiger partial charge in [0.2, 0.25) is 0 Å². The highest BCUT2D eigenvalue weighted by Gasteiger charge is 2.44. The average molecular weight is 388 g/mol. The minimum absolute atomic E-state index is 0.0444. The molecule has 2 N–H and O–H groups in total. The number of rotatable bonds is 10. The zero-order valence-electron chi connectivity index (χ0n) is 16.1. The van der Waals surface area contributed by atoms with Crippen molar-refractivity contribution in [3.8, 4) is 0 Å². The molecule has 0 spiro atoms. The van der Waals surface area contributed by atoms with Crippen LogP contribution in [0, 0.1) is 11.8 Å². The van der Waals surface area contributed by atoms with Crippen LogP contribution >= 0.6 is 0 Å². The zero-order chi connectivity index (χ0) is 20.5. The maximum Gasteiger partial charge on any atom is 0.338 e. The largest absolute Gasteiger partial charge is 0.481 e. The molecule has 0 bridgehead atoms. The molecule has 0 radical (unpaired) electrons.